The first-order valence-electron chi connectivity index (χ1n) is 9.42. The van der Waals surface area contributed by atoms with Gasteiger partial charge in [0.2, 0.25) is 0 Å². The molecule has 0 spiro atoms. The molecule has 0 saturated heterocycles. The maximum absolute atomic E-state index is 11.9. The summed E-state index contributed by atoms with van der Waals surface area (Å²) in [6, 6.07) is 13.2. The molecule has 0 aliphatic rings. The Morgan fingerprint density at radius 2 is 1.86 bits per heavy atom. The number of carbonyl (C=O) groups excluding carboxylic acids is 1. The largest absolute Gasteiger partial charge is 0.493 e. The number of hydrazone groups is 1. The summed E-state index contributed by atoms with van der Waals surface area (Å²) in [4.78, 5) is 11.9. The SMILES string of the molecule is CCOc1cc(/C=N/NC(=O)COc2ccc(C(C)CC)cc2)ccc1OC. The molecule has 1 unspecified atom stereocenters. The van der Waals surface area contributed by atoms with Crippen molar-refractivity contribution in [2.75, 3.05) is 20.3 Å². The molecule has 6 nitrogen and oxygen atoms in total. The van der Waals surface area contributed by atoms with Crippen LogP contribution in [0.2, 0.25) is 0 Å². The quantitative estimate of drug-likeness (QED) is 0.494. The minimum atomic E-state index is -0.333. The topological polar surface area (TPSA) is 69.2 Å². The Labute approximate surface area is 166 Å². The summed E-state index contributed by atoms with van der Waals surface area (Å²) in [5.74, 6) is 2.11. The molecule has 2 rings (SSSR count). The zero-order valence-electron chi connectivity index (χ0n) is 16.9. The molecule has 2 aromatic rings. The number of methoxy groups -OCH3 is 1. The predicted molar refractivity (Wildman–Crippen MR) is 111 cm³/mol. The highest BCUT2D eigenvalue weighted by atomic mass is 16.5. The van der Waals surface area contributed by atoms with E-state index in [0.717, 1.165) is 12.0 Å². The maximum atomic E-state index is 11.9. The number of nitrogens with zero attached hydrogens (tertiary/aromatic N) is 1. The van der Waals surface area contributed by atoms with Crippen molar-refractivity contribution in [3.63, 3.8) is 0 Å². The fourth-order valence-corrected chi connectivity index (χ4v) is 2.53. The molecule has 0 aliphatic carbocycles. The van der Waals surface area contributed by atoms with Gasteiger partial charge in [-0.3, -0.25) is 4.79 Å². The molecule has 0 aromatic heterocycles. The van der Waals surface area contributed by atoms with Gasteiger partial charge in [-0.15, -0.1) is 0 Å². The van der Waals surface area contributed by atoms with Crippen LogP contribution in [0, 0.1) is 0 Å². The van der Waals surface area contributed by atoms with Crippen molar-refractivity contribution in [1.29, 1.82) is 0 Å². The van der Waals surface area contributed by atoms with E-state index >= 15 is 0 Å². The number of hydrogen-bond donors (Lipinski definition) is 1. The summed E-state index contributed by atoms with van der Waals surface area (Å²) in [6.07, 6.45) is 2.63. The van der Waals surface area contributed by atoms with Gasteiger partial charge in [0.05, 0.1) is 19.9 Å². The van der Waals surface area contributed by atoms with Crippen molar-refractivity contribution >= 4 is 12.1 Å². The molecule has 28 heavy (non-hydrogen) atoms. The van der Waals surface area contributed by atoms with E-state index in [2.05, 4.69) is 24.4 Å². The van der Waals surface area contributed by atoms with Gasteiger partial charge in [0.25, 0.3) is 5.91 Å². The van der Waals surface area contributed by atoms with Gasteiger partial charge in [0, 0.05) is 0 Å². The van der Waals surface area contributed by atoms with E-state index in [1.807, 2.05) is 37.3 Å². The molecule has 1 amide bonds. The average Bonchev–Trinajstić information content (AvgIpc) is 2.72. The number of benzene rings is 2. The molecule has 0 heterocycles. The van der Waals surface area contributed by atoms with Crippen LogP contribution in [0.3, 0.4) is 0 Å². The second-order valence-corrected chi connectivity index (χ2v) is 6.30. The Kier molecular flexibility index (Phi) is 8.34. The highest BCUT2D eigenvalue weighted by Crippen LogP contribution is 2.27. The van der Waals surface area contributed by atoms with Crippen molar-refractivity contribution in [1.82, 2.24) is 5.43 Å². The number of ether oxygens (including phenoxy) is 3. The third kappa shape index (κ3) is 6.30. The second kappa shape index (κ2) is 11.0. The van der Waals surface area contributed by atoms with E-state index in [-0.39, 0.29) is 12.5 Å². The lowest BCUT2D eigenvalue weighted by molar-refractivity contribution is -0.123. The number of nitrogens with one attached hydrogen (secondary N) is 1. The van der Waals surface area contributed by atoms with Gasteiger partial charge in [0.1, 0.15) is 5.75 Å². The summed E-state index contributed by atoms with van der Waals surface area (Å²) >= 11 is 0. The number of carbonyl (C=O) groups is 1. The molecule has 0 radical (unpaired) electrons. The van der Waals surface area contributed by atoms with Crippen molar-refractivity contribution in [2.45, 2.75) is 33.1 Å². The van der Waals surface area contributed by atoms with Crippen LogP contribution < -0.4 is 19.6 Å². The molecule has 6 heteroatoms. The van der Waals surface area contributed by atoms with E-state index in [9.17, 15) is 4.79 Å². The molecular weight excluding hydrogens is 356 g/mol. The fraction of sp³-hybridized carbons (Fsp3) is 0.364. The molecule has 0 saturated carbocycles. The van der Waals surface area contributed by atoms with Gasteiger partial charge in [-0.2, -0.15) is 5.10 Å². The standard InChI is InChI=1S/C22H28N2O4/c1-5-16(3)18-8-10-19(11-9-18)28-15-22(25)24-23-14-17-7-12-20(26-4)21(13-17)27-6-2/h7-14,16H,5-6,15H2,1-4H3,(H,24,25)/b23-14+. The van der Waals surface area contributed by atoms with Crippen LogP contribution in [0.15, 0.2) is 47.6 Å². The van der Waals surface area contributed by atoms with Crippen molar-refractivity contribution in [3.8, 4) is 17.2 Å². The molecule has 1 N–H and O–H groups in total. The Hall–Kier alpha value is -3.02. The molecule has 0 fully saturated rings. The number of hydrogen-bond acceptors (Lipinski definition) is 5. The van der Waals surface area contributed by atoms with E-state index in [0.29, 0.717) is 29.8 Å². The maximum Gasteiger partial charge on any atom is 0.277 e. The van der Waals surface area contributed by atoms with Gasteiger partial charge in [0.15, 0.2) is 18.1 Å². The number of amides is 1. The van der Waals surface area contributed by atoms with Crippen LogP contribution in [0.1, 0.15) is 44.2 Å². The van der Waals surface area contributed by atoms with E-state index in [4.69, 9.17) is 14.2 Å². The normalized spacial score (nSPS) is 11.9. The molecular formula is C22H28N2O4. The Morgan fingerprint density at radius 1 is 1.11 bits per heavy atom. The highest BCUT2D eigenvalue weighted by molar-refractivity contribution is 5.83. The van der Waals surface area contributed by atoms with E-state index < -0.39 is 0 Å². The molecule has 150 valence electrons. The zero-order chi connectivity index (χ0) is 20.4. The Balaban J connectivity index is 1.84. The van der Waals surface area contributed by atoms with Crippen LogP contribution in [-0.4, -0.2) is 32.4 Å². The van der Waals surface area contributed by atoms with Crippen molar-refractivity contribution in [2.24, 2.45) is 5.10 Å². The van der Waals surface area contributed by atoms with Crippen LogP contribution in [0.25, 0.3) is 0 Å². The lowest BCUT2D eigenvalue weighted by Crippen LogP contribution is -2.24. The van der Waals surface area contributed by atoms with E-state index in [1.54, 1.807) is 25.5 Å². The fourth-order valence-electron chi connectivity index (χ4n) is 2.53. The highest BCUT2D eigenvalue weighted by Gasteiger charge is 2.06. The summed E-state index contributed by atoms with van der Waals surface area (Å²) < 4.78 is 16.3. The van der Waals surface area contributed by atoms with Crippen molar-refractivity contribution < 1.29 is 19.0 Å². The summed E-state index contributed by atoms with van der Waals surface area (Å²) in [6.45, 7) is 6.67. The minimum absolute atomic E-state index is 0.104. The second-order valence-electron chi connectivity index (χ2n) is 6.30. The zero-order valence-corrected chi connectivity index (χ0v) is 16.9. The van der Waals surface area contributed by atoms with Crippen molar-refractivity contribution in [3.05, 3.63) is 53.6 Å². The summed E-state index contributed by atoms with van der Waals surface area (Å²) in [5.41, 5.74) is 4.50. The van der Waals surface area contributed by atoms with Crippen LogP contribution in [-0.2, 0) is 4.79 Å². The third-order valence-corrected chi connectivity index (χ3v) is 4.32. The Morgan fingerprint density at radius 3 is 2.50 bits per heavy atom. The van der Waals surface area contributed by atoms with Gasteiger partial charge >= 0.3 is 0 Å². The smallest absolute Gasteiger partial charge is 0.277 e. The first kappa shape index (κ1) is 21.3. The first-order valence-corrected chi connectivity index (χ1v) is 9.42. The monoisotopic (exact) mass is 384 g/mol. The lowest BCUT2D eigenvalue weighted by atomic mass is 9.99. The van der Waals surface area contributed by atoms with E-state index in [1.165, 1.54) is 5.56 Å². The van der Waals surface area contributed by atoms with Gasteiger partial charge < -0.3 is 14.2 Å². The number of rotatable bonds is 10. The van der Waals surface area contributed by atoms with Crippen LogP contribution in [0.5, 0.6) is 17.2 Å². The lowest BCUT2D eigenvalue weighted by Gasteiger charge is -2.10. The van der Waals surface area contributed by atoms with Crippen LogP contribution >= 0.6 is 0 Å². The molecule has 1 atom stereocenters. The van der Waals surface area contributed by atoms with Crippen LogP contribution in [0.4, 0.5) is 0 Å². The van der Waals surface area contributed by atoms with Gasteiger partial charge in [-0.25, -0.2) is 5.43 Å². The molecule has 2 aromatic carbocycles. The Bertz CT molecular complexity index is 788. The first-order chi connectivity index (χ1) is 13.6. The average molecular weight is 384 g/mol. The molecule has 0 bridgehead atoms. The minimum Gasteiger partial charge on any atom is -0.493 e. The summed E-state index contributed by atoms with van der Waals surface area (Å²) in [7, 11) is 1.59. The van der Waals surface area contributed by atoms with Gasteiger partial charge in [-0.05, 0) is 60.7 Å². The molecule has 0 aliphatic heterocycles. The summed E-state index contributed by atoms with van der Waals surface area (Å²) in [5, 5.41) is 3.96. The predicted octanol–water partition coefficient (Wildman–Crippen LogP) is 4.14. The van der Waals surface area contributed by atoms with Gasteiger partial charge in [-0.1, -0.05) is 26.0 Å². The third-order valence-electron chi connectivity index (χ3n) is 4.32.